The van der Waals surface area contributed by atoms with Crippen LogP contribution in [0.15, 0.2) is 36.5 Å². The van der Waals surface area contributed by atoms with Gasteiger partial charge in [0.15, 0.2) is 0 Å². The van der Waals surface area contributed by atoms with E-state index in [1.54, 1.807) is 24.3 Å². The third-order valence-electron chi connectivity index (χ3n) is 4.42. The number of aromatic nitrogens is 2. The van der Waals surface area contributed by atoms with Crippen LogP contribution in [-0.4, -0.2) is 76.4 Å². The number of H-pyrrole nitrogens is 1. The maximum Gasteiger partial charge on any atom is 0.269 e. The van der Waals surface area contributed by atoms with Crippen molar-refractivity contribution in [2.24, 2.45) is 0 Å². The molecule has 10 nitrogen and oxygen atoms in total. The van der Waals surface area contributed by atoms with Gasteiger partial charge in [0.25, 0.3) is 11.8 Å². The molecule has 2 heterocycles. The van der Waals surface area contributed by atoms with E-state index in [1.165, 1.54) is 24.1 Å². The number of hydrogen-bond acceptors (Lipinski definition) is 6. The number of amides is 3. The van der Waals surface area contributed by atoms with Gasteiger partial charge in [-0.15, -0.1) is 0 Å². The quantitative estimate of drug-likeness (QED) is 0.557. The lowest BCUT2D eigenvalue weighted by molar-refractivity contribution is -0.114. The first-order chi connectivity index (χ1) is 13.9. The molecular weight excluding hydrogens is 378 g/mol. The van der Waals surface area contributed by atoms with Gasteiger partial charge in [0.2, 0.25) is 5.91 Å². The van der Waals surface area contributed by atoms with Gasteiger partial charge in [-0.1, -0.05) is 0 Å². The first kappa shape index (κ1) is 20.5. The van der Waals surface area contributed by atoms with Crippen LogP contribution >= 0.6 is 0 Å². The van der Waals surface area contributed by atoms with Gasteiger partial charge in [0.1, 0.15) is 11.3 Å². The molecule has 0 aliphatic carbocycles. The third kappa shape index (κ3) is 5.39. The molecule has 1 aliphatic rings. The van der Waals surface area contributed by atoms with Gasteiger partial charge >= 0.3 is 0 Å². The summed E-state index contributed by atoms with van der Waals surface area (Å²) in [6, 6.07) is 8.01. The van der Waals surface area contributed by atoms with Crippen molar-refractivity contribution in [3.8, 4) is 0 Å². The minimum Gasteiger partial charge on any atom is -0.384 e. The average Bonchev–Trinajstić information content (AvgIpc) is 3.16. The molecule has 2 aromatic rings. The summed E-state index contributed by atoms with van der Waals surface area (Å²) in [5.41, 5.74) is -0.149. The van der Waals surface area contributed by atoms with Crippen molar-refractivity contribution < 1.29 is 24.2 Å². The van der Waals surface area contributed by atoms with Gasteiger partial charge in [0, 0.05) is 30.9 Å². The van der Waals surface area contributed by atoms with E-state index in [4.69, 9.17) is 4.74 Å². The van der Waals surface area contributed by atoms with Crippen molar-refractivity contribution >= 4 is 23.4 Å². The summed E-state index contributed by atoms with van der Waals surface area (Å²) in [4.78, 5) is 37.5. The Balaban J connectivity index is 1.65. The Kier molecular flexibility index (Phi) is 6.25. The number of aromatic amines is 1. The molecule has 0 unspecified atom stereocenters. The highest BCUT2D eigenvalue weighted by molar-refractivity contribution is 5.95. The molecule has 1 aromatic carbocycles. The summed E-state index contributed by atoms with van der Waals surface area (Å²) >= 11 is 0. The number of hydrogen-bond donors (Lipinski definition) is 4. The molecule has 1 atom stereocenters. The fraction of sp³-hybridized carbons (Fsp3) is 0.368. The number of benzene rings is 1. The number of nitrogens with zero attached hydrogens (tertiary/aromatic N) is 2. The van der Waals surface area contributed by atoms with Gasteiger partial charge in [-0.25, -0.2) is 0 Å². The van der Waals surface area contributed by atoms with Crippen LogP contribution in [0.2, 0.25) is 0 Å². The molecule has 3 rings (SSSR count). The maximum absolute atomic E-state index is 12.9. The van der Waals surface area contributed by atoms with Crippen molar-refractivity contribution in [1.82, 2.24) is 20.4 Å². The zero-order valence-electron chi connectivity index (χ0n) is 16.0. The van der Waals surface area contributed by atoms with Crippen molar-refractivity contribution in [3.63, 3.8) is 0 Å². The zero-order chi connectivity index (χ0) is 20.9. The first-order valence-electron chi connectivity index (χ1n) is 9.11. The van der Waals surface area contributed by atoms with E-state index >= 15 is 0 Å². The van der Waals surface area contributed by atoms with Crippen LogP contribution in [0.25, 0.3) is 0 Å². The van der Waals surface area contributed by atoms with Crippen molar-refractivity contribution in [1.29, 1.82) is 0 Å². The number of carbonyl (C=O) groups excluding carboxylic acids is 3. The van der Waals surface area contributed by atoms with E-state index in [1.807, 2.05) is 0 Å². The van der Waals surface area contributed by atoms with E-state index in [-0.39, 0.29) is 43.8 Å². The average molecular weight is 401 g/mol. The molecule has 29 heavy (non-hydrogen) atoms. The molecule has 4 N–H and O–H groups in total. The lowest BCUT2D eigenvalue weighted by atomic mass is 10.0. The van der Waals surface area contributed by atoms with Gasteiger partial charge in [-0.3, -0.25) is 19.5 Å². The number of anilines is 1. The summed E-state index contributed by atoms with van der Waals surface area (Å²) in [6.07, 6.45) is 1.45. The molecule has 0 saturated carbocycles. The Morgan fingerprint density at radius 2 is 2.03 bits per heavy atom. The number of aliphatic hydroxyl groups is 1. The number of ether oxygens (including phenoxy) is 1. The molecule has 1 aromatic heterocycles. The van der Waals surface area contributed by atoms with Crippen molar-refractivity contribution in [2.75, 3.05) is 38.2 Å². The number of β-amino-alcohol motifs (C(OH)–C–C–N with tert-alkyl or cyclic N) is 1. The molecule has 1 saturated heterocycles. The fourth-order valence-corrected chi connectivity index (χ4v) is 3.00. The highest BCUT2D eigenvalue weighted by Gasteiger charge is 2.35. The molecule has 154 valence electrons. The summed E-state index contributed by atoms with van der Waals surface area (Å²) < 4.78 is 5.45. The van der Waals surface area contributed by atoms with E-state index in [0.717, 1.165) is 0 Å². The van der Waals surface area contributed by atoms with Crippen molar-refractivity contribution in [3.05, 3.63) is 47.8 Å². The van der Waals surface area contributed by atoms with E-state index < -0.39 is 11.5 Å². The SMILES string of the molecule is CC(=O)Nc1ccc(C(=O)N2CCOC[C@@](O)(CNC(=O)c3ccn[nH]3)C2)cc1. The normalized spacial score (nSPS) is 19.3. The smallest absolute Gasteiger partial charge is 0.269 e. The second kappa shape index (κ2) is 8.84. The van der Waals surface area contributed by atoms with Crippen LogP contribution < -0.4 is 10.6 Å². The standard InChI is InChI=1S/C19H23N5O5/c1-13(25)22-15-4-2-14(3-5-15)18(27)24-8-9-29-12-19(28,11-24)10-20-17(26)16-6-7-21-23-16/h2-7,28H,8-12H2,1H3,(H,20,26)(H,21,23)(H,22,25)/t19-/m1/s1. The maximum atomic E-state index is 12.9. The van der Waals surface area contributed by atoms with Gasteiger partial charge < -0.3 is 25.4 Å². The molecule has 3 amide bonds. The molecule has 0 radical (unpaired) electrons. The molecular formula is C19H23N5O5. The summed E-state index contributed by atoms with van der Waals surface area (Å²) in [6.45, 7) is 1.89. The molecule has 1 aliphatic heterocycles. The number of carbonyl (C=O) groups is 3. The number of rotatable bonds is 5. The molecule has 0 bridgehead atoms. The van der Waals surface area contributed by atoms with E-state index in [9.17, 15) is 19.5 Å². The molecule has 10 heteroatoms. The van der Waals surface area contributed by atoms with E-state index in [0.29, 0.717) is 17.8 Å². The Hall–Kier alpha value is -3.24. The predicted molar refractivity (Wildman–Crippen MR) is 103 cm³/mol. The van der Waals surface area contributed by atoms with Crippen LogP contribution in [0.3, 0.4) is 0 Å². The Labute approximate surface area is 167 Å². The third-order valence-corrected chi connectivity index (χ3v) is 4.42. The van der Waals surface area contributed by atoms with Gasteiger partial charge in [-0.05, 0) is 30.3 Å². The van der Waals surface area contributed by atoms with Crippen LogP contribution in [0.1, 0.15) is 27.8 Å². The molecule has 0 spiro atoms. The largest absolute Gasteiger partial charge is 0.384 e. The predicted octanol–water partition coefficient (Wildman–Crippen LogP) is 0.00160. The van der Waals surface area contributed by atoms with Crippen LogP contribution in [0.5, 0.6) is 0 Å². The lowest BCUT2D eigenvalue weighted by Crippen LogP contribution is -2.53. The Bertz CT molecular complexity index is 868. The summed E-state index contributed by atoms with van der Waals surface area (Å²) in [5, 5.41) is 22.4. The van der Waals surface area contributed by atoms with E-state index in [2.05, 4.69) is 20.8 Å². The van der Waals surface area contributed by atoms with Crippen LogP contribution in [0.4, 0.5) is 5.69 Å². The number of nitrogens with one attached hydrogen (secondary N) is 3. The second-order valence-electron chi connectivity index (χ2n) is 6.92. The highest BCUT2D eigenvalue weighted by atomic mass is 16.5. The minimum atomic E-state index is -1.43. The van der Waals surface area contributed by atoms with Gasteiger partial charge in [0.05, 0.1) is 26.3 Å². The first-order valence-corrected chi connectivity index (χ1v) is 9.11. The Morgan fingerprint density at radius 3 is 2.69 bits per heavy atom. The van der Waals surface area contributed by atoms with Gasteiger partial charge in [-0.2, -0.15) is 5.10 Å². The molecule has 1 fully saturated rings. The minimum absolute atomic E-state index is 0.00252. The lowest BCUT2D eigenvalue weighted by Gasteiger charge is -2.31. The zero-order valence-corrected chi connectivity index (χ0v) is 16.0. The summed E-state index contributed by atoms with van der Waals surface area (Å²) in [7, 11) is 0. The van der Waals surface area contributed by atoms with Crippen LogP contribution in [-0.2, 0) is 9.53 Å². The summed E-state index contributed by atoms with van der Waals surface area (Å²) in [5.74, 6) is -0.884. The second-order valence-corrected chi connectivity index (χ2v) is 6.92. The fourth-order valence-electron chi connectivity index (χ4n) is 3.00. The monoisotopic (exact) mass is 401 g/mol. The Morgan fingerprint density at radius 1 is 1.28 bits per heavy atom. The van der Waals surface area contributed by atoms with Crippen LogP contribution in [0, 0.1) is 0 Å². The topological polar surface area (TPSA) is 137 Å². The highest BCUT2D eigenvalue weighted by Crippen LogP contribution is 2.17. The van der Waals surface area contributed by atoms with Crippen molar-refractivity contribution in [2.45, 2.75) is 12.5 Å².